The summed E-state index contributed by atoms with van der Waals surface area (Å²) in [5, 5.41) is 3.86. The van der Waals surface area contributed by atoms with E-state index < -0.39 is 15.9 Å². The molecule has 3 rings (SSSR count). The molecule has 0 radical (unpaired) electrons. The molecule has 0 aliphatic carbocycles. The lowest BCUT2D eigenvalue weighted by atomic mass is 10.1. The smallest absolute Gasteiger partial charge is 0.257 e. The molecule has 0 atom stereocenters. The van der Waals surface area contributed by atoms with Crippen molar-refractivity contribution in [2.24, 2.45) is 0 Å². The van der Waals surface area contributed by atoms with E-state index in [1.54, 1.807) is 48.5 Å². The fourth-order valence-corrected chi connectivity index (χ4v) is 3.41. The molecule has 5 nitrogen and oxygen atoms in total. The van der Waals surface area contributed by atoms with Crippen LogP contribution >= 0.6 is 0 Å². The van der Waals surface area contributed by atoms with Gasteiger partial charge in [0, 0.05) is 5.69 Å². The zero-order chi connectivity index (χ0) is 20.0. The SMILES string of the molecule is Cc1ccc(NC(=O)c2ccccc2NS(=O)(=O)/C=C/c2ccccc2)cc1. The predicted molar refractivity (Wildman–Crippen MR) is 114 cm³/mol. The van der Waals surface area contributed by atoms with Crippen molar-refractivity contribution in [1.29, 1.82) is 0 Å². The van der Waals surface area contributed by atoms with Gasteiger partial charge in [-0.15, -0.1) is 0 Å². The third-order valence-corrected chi connectivity index (χ3v) is 4.97. The highest BCUT2D eigenvalue weighted by Crippen LogP contribution is 2.19. The molecule has 0 spiro atoms. The summed E-state index contributed by atoms with van der Waals surface area (Å²) in [5.41, 5.74) is 2.93. The quantitative estimate of drug-likeness (QED) is 0.641. The van der Waals surface area contributed by atoms with Crippen LogP contribution < -0.4 is 10.0 Å². The monoisotopic (exact) mass is 392 g/mol. The fourth-order valence-electron chi connectivity index (χ4n) is 2.53. The second kappa shape index (κ2) is 8.54. The molecule has 0 saturated heterocycles. The summed E-state index contributed by atoms with van der Waals surface area (Å²) in [6.07, 6.45) is 1.50. The summed E-state index contributed by atoms with van der Waals surface area (Å²) in [5.74, 6) is -0.394. The average Bonchev–Trinajstić information content (AvgIpc) is 2.69. The minimum atomic E-state index is -3.78. The maximum atomic E-state index is 12.6. The van der Waals surface area contributed by atoms with Crippen molar-refractivity contribution >= 4 is 33.4 Å². The number of anilines is 2. The van der Waals surface area contributed by atoms with E-state index in [0.717, 1.165) is 16.5 Å². The van der Waals surface area contributed by atoms with Crippen LogP contribution in [0.15, 0.2) is 84.3 Å². The molecule has 0 aromatic heterocycles. The summed E-state index contributed by atoms with van der Waals surface area (Å²) in [6, 6.07) is 22.9. The van der Waals surface area contributed by atoms with E-state index in [9.17, 15) is 13.2 Å². The number of hydrogen-bond acceptors (Lipinski definition) is 3. The van der Waals surface area contributed by atoms with Gasteiger partial charge in [0.2, 0.25) is 0 Å². The normalized spacial score (nSPS) is 11.3. The average molecular weight is 392 g/mol. The zero-order valence-electron chi connectivity index (χ0n) is 15.3. The number of amides is 1. The summed E-state index contributed by atoms with van der Waals surface area (Å²) < 4.78 is 27.3. The van der Waals surface area contributed by atoms with E-state index >= 15 is 0 Å². The van der Waals surface area contributed by atoms with Crippen molar-refractivity contribution in [2.75, 3.05) is 10.0 Å². The van der Waals surface area contributed by atoms with Crippen molar-refractivity contribution in [2.45, 2.75) is 6.92 Å². The molecule has 0 bridgehead atoms. The van der Waals surface area contributed by atoms with Gasteiger partial charge in [-0.25, -0.2) is 8.42 Å². The Bertz CT molecular complexity index is 1090. The molecule has 0 fully saturated rings. The molecule has 2 N–H and O–H groups in total. The number of nitrogens with one attached hydrogen (secondary N) is 2. The van der Waals surface area contributed by atoms with Crippen LogP contribution in [0.5, 0.6) is 0 Å². The second-order valence-corrected chi connectivity index (χ2v) is 7.79. The van der Waals surface area contributed by atoms with E-state index in [4.69, 9.17) is 0 Å². The van der Waals surface area contributed by atoms with Gasteiger partial charge in [0.1, 0.15) is 0 Å². The lowest BCUT2D eigenvalue weighted by Crippen LogP contribution is -2.17. The molecule has 0 aliphatic rings. The van der Waals surface area contributed by atoms with Crippen molar-refractivity contribution in [1.82, 2.24) is 0 Å². The number of rotatable bonds is 6. The van der Waals surface area contributed by atoms with Crippen molar-refractivity contribution in [3.63, 3.8) is 0 Å². The van der Waals surface area contributed by atoms with Gasteiger partial charge in [-0.1, -0.05) is 60.2 Å². The van der Waals surface area contributed by atoms with E-state index in [2.05, 4.69) is 10.0 Å². The third kappa shape index (κ3) is 5.31. The first-order valence-electron chi connectivity index (χ1n) is 8.66. The first-order chi connectivity index (χ1) is 13.4. The molecule has 28 heavy (non-hydrogen) atoms. The Morgan fingerprint density at radius 3 is 2.21 bits per heavy atom. The van der Waals surface area contributed by atoms with Crippen molar-refractivity contribution in [3.05, 3.63) is 101 Å². The van der Waals surface area contributed by atoms with Crippen LogP contribution in [0.1, 0.15) is 21.5 Å². The Labute approximate surface area is 164 Å². The maximum Gasteiger partial charge on any atom is 0.257 e. The van der Waals surface area contributed by atoms with Gasteiger partial charge < -0.3 is 5.32 Å². The number of para-hydroxylation sites is 1. The number of benzene rings is 3. The lowest BCUT2D eigenvalue weighted by molar-refractivity contribution is 0.102. The number of aryl methyl sites for hydroxylation is 1. The Morgan fingerprint density at radius 2 is 1.50 bits per heavy atom. The second-order valence-electron chi connectivity index (χ2n) is 6.23. The highest BCUT2D eigenvalue weighted by Gasteiger charge is 2.15. The Morgan fingerprint density at radius 1 is 0.857 bits per heavy atom. The molecule has 0 unspecified atom stereocenters. The Hall–Kier alpha value is -3.38. The molecule has 0 aliphatic heterocycles. The van der Waals surface area contributed by atoms with E-state index in [1.165, 1.54) is 6.08 Å². The van der Waals surface area contributed by atoms with Crippen LogP contribution in [-0.2, 0) is 10.0 Å². The Balaban J connectivity index is 1.78. The van der Waals surface area contributed by atoms with Gasteiger partial charge >= 0.3 is 0 Å². The van der Waals surface area contributed by atoms with Crippen LogP contribution in [0.2, 0.25) is 0 Å². The molecule has 0 saturated carbocycles. The highest BCUT2D eigenvalue weighted by molar-refractivity contribution is 7.95. The minimum absolute atomic E-state index is 0.213. The summed E-state index contributed by atoms with van der Waals surface area (Å²) >= 11 is 0. The maximum absolute atomic E-state index is 12.6. The van der Waals surface area contributed by atoms with Gasteiger partial charge in [0.15, 0.2) is 0 Å². The number of carbonyl (C=O) groups is 1. The summed E-state index contributed by atoms with van der Waals surface area (Å²) in [6.45, 7) is 1.96. The van der Waals surface area contributed by atoms with Gasteiger partial charge in [0.25, 0.3) is 15.9 Å². The molecule has 6 heteroatoms. The summed E-state index contributed by atoms with van der Waals surface area (Å²) in [7, 11) is -3.78. The van der Waals surface area contributed by atoms with Gasteiger partial charge in [-0.05, 0) is 42.8 Å². The first-order valence-corrected chi connectivity index (χ1v) is 10.2. The molecule has 0 heterocycles. The van der Waals surface area contributed by atoms with Crippen LogP contribution in [0.3, 0.4) is 0 Å². The number of carbonyl (C=O) groups excluding carboxylic acids is 1. The molecule has 142 valence electrons. The third-order valence-electron chi connectivity index (χ3n) is 3.97. The largest absolute Gasteiger partial charge is 0.322 e. The van der Waals surface area contributed by atoms with Crippen molar-refractivity contribution in [3.8, 4) is 0 Å². The standard InChI is InChI=1S/C22H20N2O3S/c1-17-11-13-19(14-12-17)23-22(25)20-9-5-6-10-21(20)24-28(26,27)16-15-18-7-3-2-4-8-18/h2-16,24H,1H3,(H,23,25)/b16-15+. The first kappa shape index (κ1) is 19.4. The molecule has 3 aromatic rings. The molecule has 3 aromatic carbocycles. The van der Waals surface area contributed by atoms with Crippen LogP contribution in [0.4, 0.5) is 11.4 Å². The fraction of sp³-hybridized carbons (Fsp3) is 0.0455. The highest BCUT2D eigenvalue weighted by atomic mass is 32.2. The van der Waals surface area contributed by atoms with Gasteiger partial charge in [0.05, 0.1) is 16.7 Å². The number of sulfonamides is 1. The number of hydrogen-bond donors (Lipinski definition) is 2. The topological polar surface area (TPSA) is 75.3 Å². The summed E-state index contributed by atoms with van der Waals surface area (Å²) in [4.78, 5) is 12.6. The van der Waals surface area contributed by atoms with Gasteiger partial charge in [-0.2, -0.15) is 0 Å². The van der Waals surface area contributed by atoms with Crippen molar-refractivity contribution < 1.29 is 13.2 Å². The van der Waals surface area contributed by atoms with E-state index in [-0.39, 0.29) is 11.3 Å². The Kier molecular flexibility index (Phi) is 5.91. The predicted octanol–water partition coefficient (Wildman–Crippen LogP) is 4.66. The lowest BCUT2D eigenvalue weighted by Gasteiger charge is -2.11. The van der Waals surface area contributed by atoms with Crippen LogP contribution in [-0.4, -0.2) is 14.3 Å². The van der Waals surface area contributed by atoms with E-state index in [1.807, 2.05) is 37.3 Å². The van der Waals surface area contributed by atoms with Crippen LogP contribution in [0, 0.1) is 6.92 Å². The molecular weight excluding hydrogens is 372 g/mol. The van der Waals surface area contributed by atoms with Crippen LogP contribution in [0.25, 0.3) is 6.08 Å². The molecular formula is C22H20N2O3S. The van der Waals surface area contributed by atoms with E-state index in [0.29, 0.717) is 5.69 Å². The molecule has 1 amide bonds. The minimum Gasteiger partial charge on any atom is -0.322 e. The zero-order valence-corrected chi connectivity index (χ0v) is 16.1. The van der Waals surface area contributed by atoms with Gasteiger partial charge in [-0.3, -0.25) is 9.52 Å².